The summed E-state index contributed by atoms with van der Waals surface area (Å²) in [6.07, 6.45) is 4.37. The summed E-state index contributed by atoms with van der Waals surface area (Å²) in [6.45, 7) is 3.18. The lowest BCUT2D eigenvalue weighted by molar-refractivity contribution is -0.139. The highest BCUT2D eigenvalue weighted by atomic mass is 16.5. The molecule has 0 saturated heterocycles. The fourth-order valence-electron chi connectivity index (χ4n) is 2.21. The number of hydrogen-bond acceptors (Lipinski definition) is 5. The van der Waals surface area contributed by atoms with E-state index in [0.29, 0.717) is 11.3 Å². The minimum absolute atomic E-state index is 0.0832. The number of benzene rings is 2. The predicted molar refractivity (Wildman–Crippen MR) is 102 cm³/mol. The Morgan fingerprint density at radius 2 is 1.71 bits per heavy atom. The second-order valence-corrected chi connectivity index (χ2v) is 5.56. The normalized spacial score (nSPS) is 10.4. The summed E-state index contributed by atoms with van der Waals surface area (Å²) in [5.41, 5.74) is 0.950. The highest BCUT2D eigenvalue weighted by Gasteiger charge is 2.13. The van der Waals surface area contributed by atoms with E-state index in [2.05, 4.69) is 6.58 Å². The third-order valence-corrected chi connectivity index (χ3v) is 3.52. The van der Waals surface area contributed by atoms with Crippen LogP contribution in [0, 0.1) is 0 Å². The van der Waals surface area contributed by atoms with Crippen LogP contribution < -0.4 is 9.47 Å². The monoisotopic (exact) mass is 382 g/mol. The molecule has 2 aromatic carbocycles. The summed E-state index contributed by atoms with van der Waals surface area (Å²) in [6, 6.07) is 10.5. The Morgan fingerprint density at radius 1 is 1.00 bits per heavy atom. The van der Waals surface area contributed by atoms with Gasteiger partial charge in [-0.15, -0.1) is 0 Å². The molecule has 0 radical (unpaired) electrons. The van der Waals surface area contributed by atoms with Crippen molar-refractivity contribution in [1.82, 2.24) is 0 Å². The van der Waals surface area contributed by atoms with Crippen molar-refractivity contribution in [3.63, 3.8) is 0 Å². The summed E-state index contributed by atoms with van der Waals surface area (Å²) in [5, 5.41) is 17.7. The van der Waals surface area contributed by atoms with E-state index in [1.807, 2.05) is 0 Å². The second kappa shape index (κ2) is 9.72. The standard InChI is InChI=1S/C21H18O7/c1-2-11-27-16-8-9-17(19(12-16)28-13-20(23)24)18(22)10-5-14-3-6-15(7-4-14)21(25)26/h2-10,12H,1,11,13H2,(H,23,24)(H,25,26)/b10-5+. The largest absolute Gasteiger partial charge is 0.489 e. The summed E-state index contributed by atoms with van der Waals surface area (Å²) >= 11 is 0. The maximum atomic E-state index is 12.5. The van der Waals surface area contributed by atoms with Crippen LogP contribution >= 0.6 is 0 Å². The van der Waals surface area contributed by atoms with E-state index < -0.39 is 24.3 Å². The van der Waals surface area contributed by atoms with Gasteiger partial charge < -0.3 is 19.7 Å². The number of aliphatic carboxylic acids is 1. The lowest BCUT2D eigenvalue weighted by Gasteiger charge is -2.11. The van der Waals surface area contributed by atoms with Crippen LogP contribution in [0.3, 0.4) is 0 Å². The number of ether oxygens (including phenoxy) is 2. The predicted octanol–water partition coefficient (Wildman–Crippen LogP) is 3.31. The third-order valence-electron chi connectivity index (χ3n) is 3.52. The first-order valence-electron chi connectivity index (χ1n) is 8.19. The lowest BCUT2D eigenvalue weighted by atomic mass is 10.1. The molecule has 0 unspecified atom stereocenters. The Hall–Kier alpha value is -3.87. The van der Waals surface area contributed by atoms with E-state index in [1.54, 1.807) is 24.3 Å². The number of carboxylic acids is 2. The number of carbonyl (C=O) groups excluding carboxylic acids is 1. The number of carbonyl (C=O) groups is 3. The minimum atomic E-state index is -1.18. The van der Waals surface area contributed by atoms with Crippen LogP contribution in [-0.4, -0.2) is 41.1 Å². The number of rotatable bonds is 10. The summed E-state index contributed by atoms with van der Waals surface area (Å²) in [5.74, 6) is -2.13. The third kappa shape index (κ3) is 5.84. The molecule has 0 bridgehead atoms. The highest BCUT2D eigenvalue weighted by molar-refractivity contribution is 6.08. The first kappa shape index (κ1) is 20.4. The number of carboxylic acid groups (broad SMARTS) is 2. The molecule has 2 aromatic rings. The van der Waals surface area contributed by atoms with Crippen molar-refractivity contribution in [2.45, 2.75) is 0 Å². The summed E-state index contributed by atoms with van der Waals surface area (Å²) in [4.78, 5) is 34.2. The smallest absolute Gasteiger partial charge is 0.341 e. The van der Waals surface area contributed by atoms with Gasteiger partial charge in [-0.2, -0.15) is 0 Å². The van der Waals surface area contributed by atoms with Crippen molar-refractivity contribution in [3.05, 3.63) is 77.9 Å². The van der Waals surface area contributed by atoms with E-state index in [-0.39, 0.29) is 23.5 Å². The van der Waals surface area contributed by atoms with Crippen LogP contribution in [0.1, 0.15) is 26.3 Å². The first-order valence-corrected chi connectivity index (χ1v) is 8.19. The van der Waals surface area contributed by atoms with Crippen LogP contribution in [0.2, 0.25) is 0 Å². The summed E-state index contributed by atoms with van der Waals surface area (Å²) < 4.78 is 10.6. The van der Waals surface area contributed by atoms with Gasteiger partial charge >= 0.3 is 11.9 Å². The lowest BCUT2D eigenvalue weighted by Crippen LogP contribution is -2.12. The van der Waals surface area contributed by atoms with Crippen molar-refractivity contribution in [3.8, 4) is 11.5 Å². The van der Waals surface area contributed by atoms with Crippen LogP contribution in [-0.2, 0) is 4.79 Å². The first-order chi connectivity index (χ1) is 13.4. The second-order valence-electron chi connectivity index (χ2n) is 5.56. The number of aromatic carboxylic acids is 1. The Labute approximate surface area is 161 Å². The fraction of sp³-hybridized carbons (Fsp3) is 0.0952. The molecule has 0 fully saturated rings. The molecule has 0 amide bonds. The van der Waals surface area contributed by atoms with Crippen LogP contribution in [0.4, 0.5) is 0 Å². The quantitative estimate of drug-likeness (QED) is 0.368. The zero-order valence-electron chi connectivity index (χ0n) is 14.8. The van der Waals surface area contributed by atoms with Gasteiger partial charge in [0.25, 0.3) is 0 Å². The minimum Gasteiger partial charge on any atom is -0.489 e. The molecule has 7 nitrogen and oxygen atoms in total. The van der Waals surface area contributed by atoms with Gasteiger partial charge in [-0.1, -0.05) is 30.9 Å². The van der Waals surface area contributed by atoms with Crippen molar-refractivity contribution < 1.29 is 34.1 Å². The van der Waals surface area contributed by atoms with Crippen LogP contribution in [0.5, 0.6) is 11.5 Å². The maximum Gasteiger partial charge on any atom is 0.341 e. The van der Waals surface area contributed by atoms with Crippen molar-refractivity contribution in [1.29, 1.82) is 0 Å². The van der Waals surface area contributed by atoms with Crippen molar-refractivity contribution in [2.24, 2.45) is 0 Å². The zero-order valence-corrected chi connectivity index (χ0v) is 14.8. The Morgan fingerprint density at radius 3 is 2.32 bits per heavy atom. The average Bonchev–Trinajstić information content (AvgIpc) is 2.69. The Balaban J connectivity index is 2.22. The molecule has 0 spiro atoms. The molecule has 144 valence electrons. The van der Waals surface area contributed by atoms with Crippen molar-refractivity contribution >= 4 is 23.8 Å². The van der Waals surface area contributed by atoms with Gasteiger partial charge in [0, 0.05) is 6.07 Å². The van der Waals surface area contributed by atoms with Gasteiger partial charge in [0.2, 0.25) is 0 Å². The molecule has 2 rings (SSSR count). The number of hydrogen-bond donors (Lipinski definition) is 2. The Bertz CT molecular complexity index is 911. The van der Waals surface area contributed by atoms with Crippen LogP contribution in [0.15, 0.2) is 61.2 Å². The maximum absolute atomic E-state index is 12.5. The highest BCUT2D eigenvalue weighted by Crippen LogP contribution is 2.26. The molecule has 0 aliphatic heterocycles. The van der Waals surface area contributed by atoms with E-state index >= 15 is 0 Å². The van der Waals surface area contributed by atoms with Gasteiger partial charge in [0.15, 0.2) is 12.4 Å². The molecular formula is C21H18O7. The summed E-state index contributed by atoms with van der Waals surface area (Å²) in [7, 11) is 0. The van der Waals surface area contributed by atoms with Gasteiger partial charge in [-0.3, -0.25) is 4.79 Å². The molecule has 0 saturated carbocycles. The van der Waals surface area contributed by atoms with Gasteiger partial charge in [0.05, 0.1) is 11.1 Å². The topological polar surface area (TPSA) is 110 Å². The molecule has 0 heterocycles. The van der Waals surface area contributed by atoms with E-state index in [1.165, 1.54) is 36.4 Å². The molecule has 28 heavy (non-hydrogen) atoms. The number of ketones is 1. The van der Waals surface area contributed by atoms with E-state index in [0.717, 1.165) is 0 Å². The molecule has 0 aliphatic carbocycles. The fourth-order valence-corrected chi connectivity index (χ4v) is 2.21. The molecular weight excluding hydrogens is 364 g/mol. The van der Waals surface area contributed by atoms with Crippen molar-refractivity contribution in [2.75, 3.05) is 13.2 Å². The zero-order chi connectivity index (χ0) is 20.5. The van der Waals surface area contributed by atoms with E-state index in [4.69, 9.17) is 19.7 Å². The molecule has 0 atom stereocenters. The van der Waals surface area contributed by atoms with Gasteiger partial charge in [-0.05, 0) is 35.9 Å². The molecule has 2 N–H and O–H groups in total. The molecule has 0 aromatic heterocycles. The molecule has 7 heteroatoms. The SMILES string of the molecule is C=CCOc1ccc(C(=O)/C=C/c2ccc(C(=O)O)cc2)c(OCC(=O)O)c1. The van der Waals surface area contributed by atoms with Gasteiger partial charge in [0.1, 0.15) is 18.1 Å². The van der Waals surface area contributed by atoms with Gasteiger partial charge in [-0.25, -0.2) is 9.59 Å². The van der Waals surface area contributed by atoms with Crippen LogP contribution in [0.25, 0.3) is 6.08 Å². The average molecular weight is 382 g/mol. The number of allylic oxidation sites excluding steroid dienone is 1. The molecule has 0 aliphatic rings. The van der Waals surface area contributed by atoms with E-state index in [9.17, 15) is 14.4 Å². The Kier molecular flexibility index (Phi) is 7.10.